The lowest BCUT2D eigenvalue weighted by molar-refractivity contribution is 0.398. The van der Waals surface area contributed by atoms with E-state index in [2.05, 4.69) is 4.74 Å². The van der Waals surface area contributed by atoms with Crippen LogP contribution in [0.5, 0.6) is 0 Å². The molecule has 1 radical (unpaired) electrons. The van der Waals surface area contributed by atoms with Crippen LogP contribution in [0, 0.1) is 0 Å². The molecule has 0 fully saturated rings. The number of hydrogen-bond acceptors (Lipinski definition) is 2. The Morgan fingerprint density at radius 2 is 1.92 bits per heavy atom. The lowest BCUT2D eigenvalue weighted by Crippen LogP contribution is -1.70. The molecule has 1 aromatic carbocycles. The molecule has 2 nitrogen and oxygen atoms in total. The second kappa shape index (κ2) is 5.77. The van der Waals surface area contributed by atoms with Gasteiger partial charge in [-0.3, -0.25) is 0 Å². The lowest BCUT2D eigenvalue weighted by atomic mass is 10.2. The topological polar surface area (TPSA) is 26.3 Å². The molecule has 1 rings (SSSR count). The Bertz CT molecular complexity index is 299. The summed E-state index contributed by atoms with van der Waals surface area (Å²) in [5.41, 5.74) is 1.10. The minimum absolute atomic E-state index is 1.10. The van der Waals surface area contributed by atoms with Crippen molar-refractivity contribution in [2.24, 2.45) is 0 Å². The van der Waals surface area contributed by atoms with E-state index in [4.69, 9.17) is 0 Å². The van der Waals surface area contributed by atoms with Gasteiger partial charge in [0.15, 0.2) is 0 Å². The molecule has 0 aliphatic rings. The summed E-state index contributed by atoms with van der Waals surface area (Å²) in [5.74, 6) is 0. The molecule has 0 aliphatic carbocycles. The van der Waals surface area contributed by atoms with Gasteiger partial charge in [-0.15, -0.1) is 0 Å². The van der Waals surface area contributed by atoms with Crippen LogP contribution >= 0.6 is 0 Å². The average molecular weight is 173 g/mol. The van der Waals surface area contributed by atoms with E-state index in [9.17, 15) is 4.79 Å². The highest BCUT2D eigenvalue weighted by atomic mass is 16.5. The third-order valence-corrected chi connectivity index (χ3v) is 1.39. The molecule has 13 heavy (non-hydrogen) atoms. The van der Waals surface area contributed by atoms with Crippen molar-refractivity contribution in [3.05, 3.63) is 54.3 Å². The Morgan fingerprint density at radius 3 is 2.62 bits per heavy atom. The maximum absolute atomic E-state index is 9.62. The summed E-state index contributed by atoms with van der Waals surface area (Å²) in [7, 11) is 0. The normalized spacial score (nSPS) is 10.8. The van der Waals surface area contributed by atoms with Crippen LogP contribution in [0.15, 0.2) is 48.7 Å². The van der Waals surface area contributed by atoms with Crippen LogP contribution in [0.1, 0.15) is 5.56 Å². The van der Waals surface area contributed by atoms with E-state index in [1.165, 1.54) is 12.7 Å². The molecule has 0 heterocycles. The van der Waals surface area contributed by atoms with Crippen molar-refractivity contribution in [2.45, 2.75) is 0 Å². The standard InChI is InChI=1S/C11H9O2/c12-10-13-9-5-4-8-11-6-2-1-3-7-11/h1-9H/b8-4+,9-5+. The van der Waals surface area contributed by atoms with Gasteiger partial charge >= 0.3 is 6.47 Å². The number of benzene rings is 1. The molecule has 0 atom stereocenters. The first-order valence-corrected chi connectivity index (χ1v) is 3.84. The van der Waals surface area contributed by atoms with Crippen LogP contribution < -0.4 is 0 Å². The van der Waals surface area contributed by atoms with Gasteiger partial charge < -0.3 is 4.74 Å². The predicted molar refractivity (Wildman–Crippen MR) is 51.4 cm³/mol. The number of allylic oxidation sites excluding steroid dienone is 2. The molecule has 0 aromatic heterocycles. The van der Waals surface area contributed by atoms with Crippen molar-refractivity contribution in [2.75, 3.05) is 0 Å². The van der Waals surface area contributed by atoms with Crippen LogP contribution in [0.3, 0.4) is 0 Å². The summed E-state index contributed by atoms with van der Waals surface area (Å²) in [6, 6.07) is 9.84. The Balaban J connectivity index is 2.45. The van der Waals surface area contributed by atoms with Gasteiger partial charge in [0, 0.05) is 0 Å². The van der Waals surface area contributed by atoms with Gasteiger partial charge in [0.1, 0.15) is 0 Å². The zero-order chi connectivity index (χ0) is 9.36. The van der Waals surface area contributed by atoms with E-state index in [1.807, 2.05) is 36.4 Å². The average Bonchev–Trinajstić information content (AvgIpc) is 2.19. The molecule has 0 bridgehead atoms. The zero-order valence-electron chi connectivity index (χ0n) is 7.01. The Kier molecular flexibility index (Phi) is 4.11. The van der Waals surface area contributed by atoms with Crippen LogP contribution in [0.25, 0.3) is 6.08 Å². The fraction of sp³-hybridized carbons (Fsp3) is 0. The van der Waals surface area contributed by atoms with E-state index < -0.39 is 0 Å². The van der Waals surface area contributed by atoms with Crippen LogP contribution in [-0.2, 0) is 9.53 Å². The molecule has 0 saturated heterocycles. The van der Waals surface area contributed by atoms with Crippen molar-refractivity contribution in [1.82, 2.24) is 0 Å². The van der Waals surface area contributed by atoms with Crippen molar-refractivity contribution in [3.8, 4) is 0 Å². The van der Waals surface area contributed by atoms with Gasteiger partial charge in [-0.25, -0.2) is 4.79 Å². The summed E-state index contributed by atoms with van der Waals surface area (Å²) in [6.45, 7) is 1.30. The first-order chi connectivity index (χ1) is 6.43. The molecule has 0 aliphatic heterocycles. The van der Waals surface area contributed by atoms with Crippen LogP contribution in [-0.4, -0.2) is 6.47 Å². The van der Waals surface area contributed by atoms with Gasteiger partial charge in [0.2, 0.25) is 0 Å². The van der Waals surface area contributed by atoms with Gasteiger partial charge in [-0.2, -0.15) is 0 Å². The zero-order valence-corrected chi connectivity index (χ0v) is 7.01. The van der Waals surface area contributed by atoms with Gasteiger partial charge in [0.25, 0.3) is 0 Å². The number of ether oxygens (including phenoxy) is 1. The van der Waals surface area contributed by atoms with Crippen LogP contribution in [0.4, 0.5) is 0 Å². The van der Waals surface area contributed by atoms with Gasteiger partial charge in [-0.05, 0) is 11.6 Å². The van der Waals surface area contributed by atoms with Crippen molar-refractivity contribution >= 4 is 12.5 Å². The highest BCUT2D eigenvalue weighted by molar-refractivity contribution is 5.50. The number of carbonyl (C=O) groups excluding carboxylic acids is 1. The smallest absolute Gasteiger partial charge is 0.422 e. The highest BCUT2D eigenvalue weighted by Crippen LogP contribution is 2.00. The lowest BCUT2D eigenvalue weighted by Gasteiger charge is -1.88. The summed E-state index contributed by atoms with van der Waals surface area (Å²) in [4.78, 5) is 9.62. The van der Waals surface area contributed by atoms with E-state index in [0.717, 1.165) is 5.56 Å². The first-order valence-electron chi connectivity index (χ1n) is 3.84. The van der Waals surface area contributed by atoms with E-state index in [-0.39, 0.29) is 0 Å². The third kappa shape index (κ3) is 3.91. The fourth-order valence-electron chi connectivity index (χ4n) is 0.843. The molecule has 0 amide bonds. The van der Waals surface area contributed by atoms with Crippen LogP contribution in [0.2, 0.25) is 0 Å². The fourth-order valence-corrected chi connectivity index (χ4v) is 0.843. The highest BCUT2D eigenvalue weighted by Gasteiger charge is 1.79. The molecule has 2 heteroatoms. The Labute approximate surface area is 77.2 Å². The summed E-state index contributed by atoms with van der Waals surface area (Å²) >= 11 is 0. The predicted octanol–water partition coefficient (Wildman–Crippen LogP) is 2.30. The number of hydrogen-bond donors (Lipinski definition) is 0. The van der Waals surface area contributed by atoms with E-state index >= 15 is 0 Å². The monoisotopic (exact) mass is 173 g/mol. The number of rotatable bonds is 4. The second-order valence-corrected chi connectivity index (χ2v) is 2.30. The van der Waals surface area contributed by atoms with Gasteiger partial charge in [0.05, 0.1) is 6.26 Å². The minimum Gasteiger partial charge on any atom is -0.426 e. The first kappa shape index (κ1) is 9.26. The third-order valence-electron chi connectivity index (χ3n) is 1.39. The summed E-state index contributed by atoms with van der Waals surface area (Å²) in [5, 5.41) is 0. The summed E-state index contributed by atoms with van der Waals surface area (Å²) in [6.07, 6.45) is 6.58. The molecule has 65 valence electrons. The molecule has 1 aromatic rings. The second-order valence-electron chi connectivity index (χ2n) is 2.30. The summed E-state index contributed by atoms with van der Waals surface area (Å²) < 4.78 is 4.23. The maximum atomic E-state index is 9.62. The van der Waals surface area contributed by atoms with Crippen molar-refractivity contribution < 1.29 is 9.53 Å². The molecule has 0 saturated carbocycles. The van der Waals surface area contributed by atoms with Crippen molar-refractivity contribution in [1.29, 1.82) is 0 Å². The van der Waals surface area contributed by atoms with E-state index in [0.29, 0.717) is 0 Å². The molecule has 0 unspecified atom stereocenters. The van der Waals surface area contributed by atoms with Gasteiger partial charge in [-0.1, -0.05) is 42.5 Å². The van der Waals surface area contributed by atoms with E-state index in [1.54, 1.807) is 12.2 Å². The SMILES string of the molecule is O=[C]O/C=C/C=C/c1ccccc1. The quantitative estimate of drug-likeness (QED) is 0.515. The minimum atomic E-state index is 1.10. The Hall–Kier alpha value is -1.83. The maximum Gasteiger partial charge on any atom is 0.422 e. The molecular formula is C11H9O2. The largest absolute Gasteiger partial charge is 0.426 e. The molecule has 0 spiro atoms. The molecular weight excluding hydrogens is 164 g/mol. The molecule has 0 N–H and O–H groups in total. The van der Waals surface area contributed by atoms with Crippen molar-refractivity contribution in [3.63, 3.8) is 0 Å². The Morgan fingerprint density at radius 1 is 1.15 bits per heavy atom.